The lowest BCUT2D eigenvalue weighted by Crippen LogP contribution is -2.29. The zero-order chi connectivity index (χ0) is 17.0. The molecular formula is C17H16N2O4. The number of para-hydroxylation sites is 1. The molecule has 0 bridgehead atoms. The van der Waals surface area contributed by atoms with Crippen molar-refractivity contribution in [2.75, 3.05) is 0 Å². The summed E-state index contributed by atoms with van der Waals surface area (Å²) in [5, 5.41) is 9.40. The molecule has 2 aromatic carbocycles. The molecule has 1 heterocycles. The number of nitrogens with one attached hydrogen (secondary N) is 1. The SMILES string of the molecule is CC.O=C(O)c1cccc(-n2c(=O)[nH]c(=O)c3ccccc32)c1. The summed E-state index contributed by atoms with van der Waals surface area (Å²) in [7, 11) is 0. The number of hydrogen-bond acceptors (Lipinski definition) is 3. The molecule has 1 aromatic heterocycles. The number of carboxylic acids is 1. The average Bonchev–Trinajstić information content (AvgIpc) is 2.57. The Morgan fingerprint density at radius 1 is 1.04 bits per heavy atom. The highest BCUT2D eigenvalue weighted by Gasteiger charge is 2.10. The molecule has 6 heteroatoms. The van der Waals surface area contributed by atoms with Gasteiger partial charge in [0.05, 0.1) is 22.2 Å². The summed E-state index contributed by atoms with van der Waals surface area (Å²) in [6.45, 7) is 4.00. The Morgan fingerprint density at radius 2 is 1.74 bits per heavy atom. The maximum atomic E-state index is 12.1. The molecule has 0 saturated heterocycles. The van der Waals surface area contributed by atoms with E-state index in [1.807, 2.05) is 13.8 Å². The van der Waals surface area contributed by atoms with Gasteiger partial charge in [0.1, 0.15) is 0 Å². The van der Waals surface area contributed by atoms with Crippen molar-refractivity contribution in [1.29, 1.82) is 0 Å². The zero-order valence-electron chi connectivity index (χ0n) is 12.7. The largest absolute Gasteiger partial charge is 0.478 e. The van der Waals surface area contributed by atoms with E-state index in [4.69, 9.17) is 5.11 Å². The number of aromatic amines is 1. The summed E-state index contributed by atoms with van der Waals surface area (Å²) >= 11 is 0. The van der Waals surface area contributed by atoms with Gasteiger partial charge in [-0.05, 0) is 30.3 Å². The number of aromatic carboxylic acids is 1. The molecule has 6 nitrogen and oxygen atoms in total. The number of aromatic nitrogens is 2. The Bertz CT molecular complexity index is 970. The van der Waals surface area contributed by atoms with Crippen LogP contribution in [0.2, 0.25) is 0 Å². The Hall–Kier alpha value is -3.15. The van der Waals surface area contributed by atoms with Crippen LogP contribution in [0.15, 0.2) is 58.1 Å². The van der Waals surface area contributed by atoms with Crippen molar-refractivity contribution in [2.45, 2.75) is 13.8 Å². The Kier molecular flexibility index (Phi) is 4.75. The molecule has 0 amide bonds. The van der Waals surface area contributed by atoms with Gasteiger partial charge in [0.15, 0.2) is 0 Å². The molecule has 0 radical (unpaired) electrons. The second-order valence-corrected chi connectivity index (χ2v) is 4.47. The quantitative estimate of drug-likeness (QED) is 0.760. The van der Waals surface area contributed by atoms with E-state index in [-0.39, 0.29) is 5.56 Å². The van der Waals surface area contributed by atoms with Gasteiger partial charge >= 0.3 is 11.7 Å². The molecule has 118 valence electrons. The van der Waals surface area contributed by atoms with Crippen LogP contribution in [0.3, 0.4) is 0 Å². The Balaban J connectivity index is 0.000000924. The van der Waals surface area contributed by atoms with Crippen molar-refractivity contribution in [1.82, 2.24) is 9.55 Å². The molecule has 0 atom stereocenters. The van der Waals surface area contributed by atoms with E-state index in [9.17, 15) is 14.4 Å². The third-order valence-electron chi connectivity index (χ3n) is 3.16. The smallest absolute Gasteiger partial charge is 0.335 e. The summed E-state index contributed by atoms with van der Waals surface area (Å²) in [5.41, 5.74) is -0.210. The summed E-state index contributed by atoms with van der Waals surface area (Å²) in [4.78, 5) is 37.2. The molecule has 3 aromatic rings. The van der Waals surface area contributed by atoms with Crippen molar-refractivity contribution in [3.8, 4) is 5.69 Å². The number of carbonyl (C=O) groups is 1. The van der Waals surface area contributed by atoms with E-state index in [1.165, 1.54) is 16.7 Å². The number of nitrogens with zero attached hydrogens (tertiary/aromatic N) is 1. The lowest BCUT2D eigenvalue weighted by molar-refractivity contribution is 0.0697. The first-order valence-corrected chi connectivity index (χ1v) is 7.16. The molecule has 0 unspecified atom stereocenters. The number of carboxylic acid groups (broad SMARTS) is 1. The number of H-pyrrole nitrogens is 1. The van der Waals surface area contributed by atoms with Crippen LogP contribution in [0.1, 0.15) is 24.2 Å². The van der Waals surface area contributed by atoms with Gasteiger partial charge in [-0.15, -0.1) is 0 Å². The van der Waals surface area contributed by atoms with Gasteiger partial charge in [-0.25, -0.2) is 9.59 Å². The predicted molar refractivity (Wildman–Crippen MR) is 88.5 cm³/mol. The highest BCUT2D eigenvalue weighted by molar-refractivity contribution is 5.88. The van der Waals surface area contributed by atoms with Gasteiger partial charge in [-0.3, -0.25) is 14.3 Å². The molecule has 0 aliphatic heterocycles. The maximum absolute atomic E-state index is 12.1. The fourth-order valence-corrected chi connectivity index (χ4v) is 2.22. The summed E-state index contributed by atoms with van der Waals surface area (Å²) in [6.07, 6.45) is 0. The van der Waals surface area contributed by atoms with Crippen molar-refractivity contribution in [2.24, 2.45) is 0 Å². The topological polar surface area (TPSA) is 92.2 Å². The lowest BCUT2D eigenvalue weighted by Gasteiger charge is -2.09. The first-order chi connectivity index (χ1) is 11.1. The molecule has 3 rings (SSSR count). The molecule has 0 spiro atoms. The van der Waals surface area contributed by atoms with Crippen LogP contribution in [0.4, 0.5) is 0 Å². The van der Waals surface area contributed by atoms with Gasteiger partial charge in [0.2, 0.25) is 0 Å². The van der Waals surface area contributed by atoms with Gasteiger partial charge in [0, 0.05) is 0 Å². The molecule has 0 saturated carbocycles. The fourth-order valence-electron chi connectivity index (χ4n) is 2.22. The minimum Gasteiger partial charge on any atom is -0.478 e. The molecule has 23 heavy (non-hydrogen) atoms. The van der Waals surface area contributed by atoms with Crippen LogP contribution in [-0.2, 0) is 0 Å². The van der Waals surface area contributed by atoms with Crippen LogP contribution in [-0.4, -0.2) is 20.6 Å². The average molecular weight is 312 g/mol. The lowest BCUT2D eigenvalue weighted by atomic mass is 10.2. The fraction of sp³-hybridized carbons (Fsp3) is 0.118. The number of fused-ring (bicyclic) bond motifs is 1. The van der Waals surface area contributed by atoms with E-state index in [2.05, 4.69) is 4.98 Å². The molecular weight excluding hydrogens is 296 g/mol. The van der Waals surface area contributed by atoms with Gasteiger partial charge in [-0.2, -0.15) is 0 Å². The molecule has 0 aliphatic carbocycles. The third kappa shape index (κ3) is 3.06. The summed E-state index contributed by atoms with van der Waals surface area (Å²) in [6, 6.07) is 12.6. The minimum atomic E-state index is -1.08. The van der Waals surface area contributed by atoms with E-state index in [0.29, 0.717) is 16.6 Å². The number of rotatable bonds is 2. The predicted octanol–water partition coefficient (Wildman–Crippen LogP) is 2.40. The number of benzene rings is 2. The van der Waals surface area contributed by atoms with E-state index < -0.39 is 17.2 Å². The highest BCUT2D eigenvalue weighted by atomic mass is 16.4. The normalized spacial score (nSPS) is 10.0. The zero-order valence-corrected chi connectivity index (χ0v) is 12.7. The van der Waals surface area contributed by atoms with Gasteiger partial charge < -0.3 is 5.11 Å². The molecule has 0 aliphatic rings. The van der Waals surface area contributed by atoms with Crippen LogP contribution < -0.4 is 11.2 Å². The first-order valence-electron chi connectivity index (χ1n) is 7.16. The monoisotopic (exact) mass is 312 g/mol. The van der Waals surface area contributed by atoms with E-state index in [0.717, 1.165) is 0 Å². The van der Waals surface area contributed by atoms with Crippen LogP contribution in [0, 0.1) is 0 Å². The first kappa shape index (κ1) is 16.2. The molecule has 2 N–H and O–H groups in total. The van der Waals surface area contributed by atoms with Crippen LogP contribution >= 0.6 is 0 Å². The van der Waals surface area contributed by atoms with Gasteiger partial charge in [-0.1, -0.05) is 32.0 Å². The van der Waals surface area contributed by atoms with Gasteiger partial charge in [0.25, 0.3) is 5.56 Å². The summed E-state index contributed by atoms with van der Waals surface area (Å²) < 4.78 is 1.28. The second kappa shape index (κ2) is 6.74. The Morgan fingerprint density at radius 3 is 2.43 bits per heavy atom. The van der Waals surface area contributed by atoms with E-state index >= 15 is 0 Å². The summed E-state index contributed by atoms with van der Waals surface area (Å²) in [5.74, 6) is -1.08. The van der Waals surface area contributed by atoms with Crippen molar-refractivity contribution < 1.29 is 9.90 Å². The highest BCUT2D eigenvalue weighted by Crippen LogP contribution is 2.14. The van der Waals surface area contributed by atoms with Crippen LogP contribution in [0.25, 0.3) is 16.6 Å². The maximum Gasteiger partial charge on any atom is 0.335 e. The minimum absolute atomic E-state index is 0.0645. The van der Waals surface area contributed by atoms with Crippen molar-refractivity contribution in [3.63, 3.8) is 0 Å². The van der Waals surface area contributed by atoms with Crippen LogP contribution in [0.5, 0.6) is 0 Å². The van der Waals surface area contributed by atoms with Crippen molar-refractivity contribution >= 4 is 16.9 Å². The molecule has 0 fully saturated rings. The third-order valence-corrected chi connectivity index (χ3v) is 3.16. The number of hydrogen-bond donors (Lipinski definition) is 2. The Labute approximate surface area is 131 Å². The van der Waals surface area contributed by atoms with Crippen molar-refractivity contribution in [3.05, 3.63) is 74.9 Å². The second-order valence-electron chi connectivity index (χ2n) is 4.47. The van der Waals surface area contributed by atoms with E-state index in [1.54, 1.807) is 36.4 Å². The standard InChI is InChI=1S/C15H10N2O4.C2H6/c18-13-11-6-1-2-7-12(11)17(15(21)16-13)10-5-3-4-9(8-10)14(19)20;1-2/h1-8H,(H,19,20)(H,16,18,21);1-2H3.